The molecule has 0 fully saturated rings. The molecule has 5 nitrogen and oxygen atoms in total. The lowest BCUT2D eigenvalue weighted by atomic mass is 10.2. The highest BCUT2D eigenvalue weighted by Crippen LogP contribution is 2.27. The molecule has 5 heteroatoms. The minimum absolute atomic E-state index is 0.00468. The van der Waals surface area contributed by atoms with E-state index in [0.29, 0.717) is 5.96 Å². The number of para-hydroxylation sites is 1. The Bertz CT molecular complexity index is 508. The van der Waals surface area contributed by atoms with E-state index in [1.165, 1.54) is 5.56 Å². The van der Waals surface area contributed by atoms with E-state index in [9.17, 15) is 4.79 Å². The van der Waals surface area contributed by atoms with Gasteiger partial charge in [0.2, 0.25) is 5.91 Å². The second kappa shape index (κ2) is 6.41. The number of aliphatic imine (C=N–C) groups is 1. The first-order valence-electron chi connectivity index (χ1n) is 7.10. The third-order valence-corrected chi connectivity index (χ3v) is 3.65. The quantitative estimate of drug-likeness (QED) is 0.663. The lowest BCUT2D eigenvalue weighted by Crippen LogP contribution is -2.38. The summed E-state index contributed by atoms with van der Waals surface area (Å²) < 4.78 is 0. The number of rotatable bonds is 4. The summed E-state index contributed by atoms with van der Waals surface area (Å²) >= 11 is 0. The van der Waals surface area contributed by atoms with Crippen LogP contribution >= 0.6 is 0 Å². The van der Waals surface area contributed by atoms with Gasteiger partial charge in [0, 0.05) is 25.3 Å². The molecule has 1 heterocycles. The van der Waals surface area contributed by atoms with E-state index < -0.39 is 0 Å². The summed E-state index contributed by atoms with van der Waals surface area (Å²) in [6.07, 6.45) is 0.914. The summed E-state index contributed by atoms with van der Waals surface area (Å²) in [6.45, 7) is 6.48. The maximum atomic E-state index is 12.3. The van der Waals surface area contributed by atoms with Gasteiger partial charge in [0.15, 0.2) is 5.96 Å². The molecule has 0 aromatic heterocycles. The van der Waals surface area contributed by atoms with Crippen molar-refractivity contribution in [1.82, 2.24) is 4.90 Å². The molecule has 0 atom stereocenters. The van der Waals surface area contributed by atoms with Crippen molar-refractivity contribution >= 4 is 17.6 Å². The number of carbonyl (C=O) groups excluding carboxylic acids is 1. The highest BCUT2D eigenvalue weighted by atomic mass is 16.2. The molecule has 0 aliphatic carbocycles. The zero-order chi connectivity index (χ0) is 14.5. The molecule has 0 bridgehead atoms. The predicted octanol–water partition coefficient (Wildman–Crippen LogP) is 1.23. The van der Waals surface area contributed by atoms with Crippen LogP contribution < -0.4 is 10.6 Å². The molecule has 2 rings (SSSR count). The van der Waals surface area contributed by atoms with Crippen LogP contribution in [0.3, 0.4) is 0 Å². The Hall–Kier alpha value is -2.04. The number of anilines is 1. The first kappa shape index (κ1) is 14.4. The van der Waals surface area contributed by atoms with Gasteiger partial charge >= 0.3 is 0 Å². The Morgan fingerprint density at radius 2 is 2.05 bits per heavy atom. The summed E-state index contributed by atoms with van der Waals surface area (Å²) in [7, 11) is 0. The van der Waals surface area contributed by atoms with Gasteiger partial charge in [0.05, 0.1) is 0 Å². The molecular formula is C15H22N4O. The molecule has 0 spiro atoms. The maximum Gasteiger partial charge on any atom is 0.248 e. The van der Waals surface area contributed by atoms with E-state index in [1.54, 1.807) is 4.90 Å². The van der Waals surface area contributed by atoms with Gasteiger partial charge < -0.3 is 15.5 Å². The molecule has 20 heavy (non-hydrogen) atoms. The highest BCUT2D eigenvalue weighted by molar-refractivity contribution is 5.97. The molecule has 1 aromatic rings. The number of fused-ring (bicyclic) bond motifs is 1. The van der Waals surface area contributed by atoms with Crippen LogP contribution in [0.4, 0.5) is 5.69 Å². The van der Waals surface area contributed by atoms with Crippen molar-refractivity contribution in [3.8, 4) is 0 Å². The van der Waals surface area contributed by atoms with Crippen molar-refractivity contribution in [2.24, 2.45) is 10.7 Å². The highest BCUT2D eigenvalue weighted by Gasteiger charge is 2.23. The van der Waals surface area contributed by atoms with Crippen molar-refractivity contribution < 1.29 is 4.79 Å². The summed E-state index contributed by atoms with van der Waals surface area (Å²) in [5.74, 6) is 0.445. The van der Waals surface area contributed by atoms with Crippen molar-refractivity contribution in [3.05, 3.63) is 29.8 Å². The molecule has 1 aliphatic rings. The molecule has 0 saturated carbocycles. The monoisotopic (exact) mass is 274 g/mol. The molecule has 1 amide bonds. The van der Waals surface area contributed by atoms with Crippen LogP contribution in [0.15, 0.2) is 29.3 Å². The van der Waals surface area contributed by atoms with Crippen molar-refractivity contribution in [2.75, 3.05) is 31.1 Å². The third-order valence-electron chi connectivity index (χ3n) is 3.65. The number of nitrogens with zero attached hydrogens (tertiary/aromatic N) is 3. The smallest absolute Gasteiger partial charge is 0.248 e. The molecule has 1 aromatic carbocycles. The number of amides is 1. The molecule has 108 valence electrons. The zero-order valence-electron chi connectivity index (χ0n) is 12.2. The van der Waals surface area contributed by atoms with Gasteiger partial charge in [0.25, 0.3) is 0 Å². The van der Waals surface area contributed by atoms with E-state index in [-0.39, 0.29) is 12.5 Å². The first-order chi connectivity index (χ1) is 9.67. The Kier molecular flexibility index (Phi) is 4.61. The SMILES string of the molecule is CCN(CC)C(N)=NCC(=O)N1CCc2ccccc21. The molecular weight excluding hydrogens is 252 g/mol. The van der Waals surface area contributed by atoms with Gasteiger partial charge in [-0.3, -0.25) is 4.79 Å². The fourth-order valence-corrected chi connectivity index (χ4v) is 2.48. The normalized spacial score (nSPS) is 14.3. The summed E-state index contributed by atoms with van der Waals surface area (Å²) in [6, 6.07) is 8.01. The molecule has 0 unspecified atom stereocenters. The Morgan fingerprint density at radius 1 is 1.35 bits per heavy atom. The number of carbonyl (C=O) groups is 1. The summed E-state index contributed by atoms with van der Waals surface area (Å²) in [5.41, 5.74) is 8.12. The largest absolute Gasteiger partial charge is 0.370 e. The van der Waals surface area contributed by atoms with E-state index in [2.05, 4.69) is 11.1 Å². The molecule has 2 N–H and O–H groups in total. The second-order valence-electron chi connectivity index (χ2n) is 4.77. The van der Waals surface area contributed by atoms with Crippen molar-refractivity contribution in [3.63, 3.8) is 0 Å². The second-order valence-corrected chi connectivity index (χ2v) is 4.77. The van der Waals surface area contributed by atoms with Crippen molar-refractivity contribution in [1.29, 1.82) is 0 Å². The average molecular weight is 274 g/mol. The standard InChI is InChI=1S/C15H22N4O/c1-3-18(4-2)15(16)17-11-14(20)19-10-9-12-7-5-6-8-13(12)19/h5-8H,3-4,9-11H2,1-2H3,(H2,16,17). The van der Waals surface area contributed by atoms with E-state index in [1.807, 2.05) is 36.9 Å². The molecule has 1 aliphatic heterocycles. The zero-order valence-corrected chi connectivity index (χ0v) is 12.2. The minimum Gasteiger partial charge on any atom is -0.370 e. The Balaban J connectivity index is 2.02. The lowest BCUT2D eigenvalue weighted by molar-refractivity contribution is -0.117. The fraction of sp³-hybridized carbons (Fsp3) is 0.467. The summed E-state index contributed by atoms with van der Waals surface area (Å²) in [4.78, 5) is 20.2. The number of benzene rings is 1. The van der Waals surface area contributed by atoms with Gasteiger partial charge in [-0.2, -0.15) is 0 Å². The van der Waals surface area contributed by atoms with E-state index in [0.717, 1.165) is 31.7 Å². The van der Waals surface area contributed by atoms with Gasteiger partial charge in [-0.05, 0) is 31.9 Å². The predicted molar refractivity (Wildman–Crippen MR) is 81.9 cm³/mol. The van der Waals surface area contributed by atoms with Crippen molar-refractivity contribution in [2.45, 2.75) is 20.3 Å². The third kappa shape index (κ3) is 2.92. The van der Waals surface area contributed by atoms with Crippen LogP contribution in [0.2, 0.25) is 0 Å². The van der Waals surface area contributed by atoms with Crippen LogP contribution in [0.1, 0.15) is 19.4 Å². The van der Waals surface area contributed by atoms with Gasteiger partial charge in [-0.1, -0.05) is 18.2 Å². The number of guanidine groups is 1. The number of hydrogen-bond donors (Lipinski definition) is 1. The van der Waals surface area contributed by atoms with Crippen LogP contribution in [0.25, 0.3) is 0 Å². The van der Waals surface area contributed by atoms with Gasteiger partial charge in [-0.25, -0.2) is 4.99 Å². The Morgan fingerprint density at radius 3 is 2.75 bits per heavy atom. The van der Waals surface area contributed by atoms with Gasteiger partial charge in [0.1, 0.15) is 6.54 Å². The topological polar surface area (TPSA) is 61.9 Å². The van der Waals surface area contributed by atoms with Crippen LogP contribution in [0.5, 0.6) is 0 Å². The fourth-order valence-electron chi connectivity index (χ4n) is 2.48. The van der Waals surface area contributed by atoms with E-state index >= 15 is 0 Å². The van der Waals surface area contributed by atoms with E-state index in [4.69, 9.17) is 5.73 Å². The molecule has 0 saturated heterocycles. The van der Waals surface area contributed by atoms with Crippen LogP contribution in [-0.4, -0.2) is 42.9 Å². The summed E-state index contributed by atoms with van der Waals surface area (Å²) in [5, 5.41) is 0. The van der Waals surface area contributed by atoms with Crippen LogP contribution in [0, 0.1) is 0 Å². The lowest BCUT2D eigenvalue weighted by Gasteiger charge is -2.20. The maximum absolute atomic E-state index is 12.3. The number of hydrogen-bond acceptors (Lipinski definition) is 2. The Labute approximate surface area is 120 Å². The minimum atomic E-state index is 0.00468. The van der Waals surface area contributed by atoms with Gasteiger partial charge in [-0.15, -0.1) is 0 Å². The molecule has 0 radical (unpaired) electrons. The number of nitrogens with two attached hydrogens (primary N) is 1. The first-order valence-corrected chi connectivity index (χ1v) is 7.10. The van der Waals surface area contributed by atoms with Crippen LogP contribution in [-0.2, 0) is 11.2 Å². The average Bonchev–Trinajstić information content (AvgIpc) is 2.90.